The van der Waals surface area contributed by atoms with Gasteiger partial charge in [-0.1, -0.05) is 33.6 Å². The number of thioether (sulfide) groups is 1. The van der Waals surface area contributed by atoms with Gasteiger partial charge < -0.3 is 5.11 Å². The monoisotopic (exact) mass is 230 g/mol. The van der Waals surface area contributed by atoms with E-state index in [9.17, 15) is 9.90 Å². The fourth-order valence-electron chi connectivity index (χ4n) is 2.30. The van der Waals surface area contributed by atoms with Crippen LogP contribution in [0, 0.1) is 5.92 Å². The minimum atomic E-state index is -0.597. The molecule has 0 heterocycles. The third-order valence-corrected chi connectivity index (χ3v) is 5.52. The molecule has 0 aromatic carbocycles. The third kappa shape index (κ3) is 2.68. The lowest BCUT2D eigenvalue weighted by Crippen LogP contribution is -2.45. The summed E-state index contributed by atoms with van der Waals surface area (Å²) in [7, 11) is 0. The number of hydrogen-bond acceptors (Lipinski definition) is 2. The van der Waals surface area contributed by atoms with Gasteiger partial charge >= 0.3 is 5.97 Å². The quantitative estimate of drug-likeness (QED) is 0.802. The van der Waals surface area contributed by atoms with Gasteiger partial charge in [-0.3, -0.25) is 4.79 Å². The van der Waals surface area contributed by atoms with Crippen LogP contribution >= 0.6 is 11.8 Å². The van der Waals surface area contributed by atoms with E-state index in [2.05, 4.69) is 20.8 Å². The first-order valence-corrected chi connectivity index (χ1v) is 6.82. The molecule has 2 nitrogen and oxygen atoms in total. The molecule has 0 aromatic rings. The summed E-state index contributed by atoms with van der Waals surface area (Å²) in [6.07, 6.45) is 5.22. The molecule has 1 rings (SSSR count). The number of aliphatic carboxylic acids is 1. The number of rotatable bonds is 4. The van der Waals surface area contributed by atoms with Crippen molar-refractivity contribution in [2.24, 2.45) is 5.92 Å². The first-order valence-electron chi connectivity index (χ1n) is 5.94. The van der Waals surface area contributed by atoms with Crippen LogP contribution in [0.15, 0.2) is 0 Å². The van der Waals surface area contributed by atoms with Crippen LogP contribution in [0.25, 0.3) is 0 Å². The van der Waals surface area contributed by atoms with E-state index in [-0.39, 0.29) is 0 Å². The van der Waals surface area contributed by atoms with Gasteiger partial charge in [0.15, 0.2) is 0 Å². The highest BCUT2D eigenvalue weighted by molar-refractivity contribution is 8.02. The second-order valence-electron chi connectivity index (χ2n) is 4.68. The zero-order valence-corrected chi connectivity index (χ0v) is 10.8. The molecular weight excluding hydrogens is 208 g/mol. The van der Waals surface area contributed by atoms with Gasteiger partial charge in [0.25, 0.3) is 0 Å². The molecule has 0 aliphatic heterocycles. The molecule has 0 bridgehead atoms. The molecule has 0 radical (unpaired) electrons. The van der Waals surface area contributed by atoms with Crippen molar-refractivity contribution >= 4 is 17.7 Å². The fraction of sp³-hybridized carbons (Fsp3) is 0.917. The van der Waals surface area contributed by atoms with Gasteiger partial charge in [-0.15, -0.1) is 11.8 Å². The summed E-state index contributed by atoms with van der Waals surface area (Å²) >= 11 is 1.68. The Morgan fingerprint density at radius 2 is 2.27 bits per heavy atom. The van der Waals surface area contributed by atoms with Crippen molar-refractivity contribution in [1.29, 1.82) is 0 Å². The van der Waals surface area contributed by atoms with Crippen LogP contribution < -0.4 is 0 Å². The van der Waals surface area contributed by atoms with E-state index in [1.165, 1.54) is 6.42 Å². The van der Waals surface area contributed by atoms with Crippen molar-refractivity contribution < 1.29 is 9.90 Å². The van der Waals surface area contributed by atoms with Crippen LogP contribution in [0.4, 0.5) is 0 Å². The van der Waals surface area contributed by atoms with E-state index < -0.39 is 10.7 Å². The average molecular weight is 230 g/mol. The Morgan fingerprint density at radius 3 is 2.73 bits per heavy atom. The van der Waals surface area contributed by atoms with Gasteiger partial charge in [0.05, 0.1) is 0 Å². The predicted octanol–water partition coefficient (Wildman–Crippen LogP) is 3.55. The van der Waals surface area contributed by atoms with Gasteiger partial charge in [0.1, 0.15) is 4.75 Å². The molecule has 1 saturated carbocycles. The maximum atomic E-state index is 11.5. The molecule has 3 atom stereocenters. The van der Waals surface area contributed by atoms with Gasteiger partial charge in [-0.25, -0.2) is 0 Å². The standard InChI is InChI=1S/C12H22O2S/c1-4-10(3)15-12(11(13)14)8-6-5-7-9(12)2/h9-10H,4-8H2,1-3H3,(H,13,14). The zero-order chi connectivity index (χ0) is 11.5. The van der Waals surface area contributed by atoms with Gasteiger partial charge in [0.2, 0.25) is 0 Å². The van der Waals surface area contributed by atoms with Crippen LogP contribution in [-0.4, -0.2) is 21.1 Å². The maximum Gasteiger partial charge on any atom is 0.320 e. The van der Waals surface area contributed by atoms with E-state index in [4.69, 9.17) is 0 Å². The minimum absolute atomic E-state index is 0.308. The normalized spacial score (nSPS) is 33.7. The topological polar surface area (TPSA) is 37.3 Å². The van der Waals surface area contributed by atoms with Crippen LogP contribution in [0.2, 0.25) is 0 Å². The van der Waals surface area contributed by atoms with E-state index in [0.717, 1.165) is 25.7 Å². The van der Waals surface area contributed by atoms with Crippen LogP contribution in [0.3, 0.4) is 0 Å². The first-order chi connectivity index (χ1) is 7.03. The lowest BCUT2D eigenvalue weighted by molar-refractivity contribution is -0.142. The van der Waals surface area contributed by atoms with E-state index in [1.54, 1.807) is 11.8 Å². The summed E-state index contributed by atoms with van der Waals surface area (Å²) in [5, 5.41) is 9.93. The molecule has 1 aliphatic carbocycles. The summed E-state index contributed by atoms with van der Waals surface area (Å²) < 4.78 is -0.506. The van der Waals surface area contributed by atoms with Crippen molar-refractivity contribution in [3.8, 4) is 0 Å². The number of hydrogen-bond donors (Lipinski definition) is 1. The van der Waals surface area contributed by atoms with Crippen molar-refractivity contribution in [2.45, 2.75) is 62.9 Å². The Morgan fingerprint density at radius 1 is 1.60 bits per heavy atom. The van der Waals surface area contributed by atoms with Crippen LogP contribution in [0.1, 0.15) is 52.9 Å². The third-order valence-electron chi connectivity index (χ3n) is 3.58. The van der Waals surface area contributed by atoms with E-state index in [0.29, 0.717) is 11.2 Å². The summed E-state index contributed by atoms with van der Waals surface area (Å²) in [6, 6.07) is 0. The number of carboxylic acid groups (broad SMARTS) is 1. The highest BCUT2D eigenvalue weighted by atomic mass is 32.2. The molecule has 0 aromatic heterocycles. The van der Waals surface area contributed by atoms with Gasteiger partial charge in [0, 0.05) is 5.25 Å². The lowest BCUT2D eigenvalue weighted by Gasteiger charge is -2.40. The molecule has 1 N–H and O–H groups in total. The van der Waals surface area contributed by atoms with Crippen molar-refractivity contribution in [2.75, 3.05) is 0 Å². The summed E-state index contributed by atoms with van der Waals surface area (Å²) in [5.41, 5.74) is 0. The molecule has 0 amide bonds. The molecule has 1 aliphatic rings. The molecule has 1 fully saturated rings. The highest BCUT2D eigenvalue weighted by Gasteiger charge is 2.46. The molecule has 3 heteroatoms. The first kappa shape index (κ1) is 12.9. The number of carboxylic acids is 1. The molecule has 0 saturated heterocycles. The summed E-state index contributed by atoms with van der Waals surface area (Å²) in [4.78, 5) is 11.5. The Kier molecular flexibility index (Phi) is 4.50. The SMILES string of the molecule is CCC(C)SC1(C(=O)O)CCCCC1C. The maximum absolute atomic E-state index is 11.5. The van der Waals surface area contributed by atoms with E-state index >= 15 is 0 Å². The summed E-state index contributed by atoms with van der Waals surface area (Å²) in [5.74, 6) is -0.289. The zero-order valence-electron chi connectivity index (χ0n) is 9.95. The van der Waals surface area contributed by atoms with Crippen LogP contribution in [0.5, 0.6) is 0 Å². The molecular formula is C12H22O2S. The Bertz CT molecular complexity index is 230. The second-order valence-corrected chi connectivity index (χ2v) is 6.45. The van der Waals surface area contributed by atoms with Gasteiger partial charge in [-0.05, 0) is 25.2 Å². The van der Waals surface area contributed by atoms with Crippen molar-refractivity contribution in [3.05, 3.63) is 0 Å². The van der Waals surface area contributed by atoms with Crippen molar-refractivity contribution in [3.63, 3.8) is 0 Å². The fourth-order valence-corrected chi connectivity index (χ4v) is 3.90. The van der Waals surface area contributed by atoms with Crippen molar-refractivity contribution in [1.82, 2.24) is 0 Å². The Balaban J connectivity index is 2.81. The summed E-state index contributed by atoms with van der Waals surface area (Å²) in [6.45, 7) is 6.36. The van der Waals surface area contributed by atoms with Gasteiger partial charge in [-0.2, -0.15) is 0 Å². The molecule has 88 valence electrons. The largest absolute Gasteiger partial charge is 0.480 e. The van der Waals surface area contributed by atoms with Crippen LogP contribution in [-0.2, 0) is 4.79 Å². The second kappa shape index (κ2) is 5.24. The molecule has 0 spiro atoms. The number of carbonyl (C=O) groups is 1. The predicted molar refractivity (Wildman–Crippen MR) is 65.3 cm³/mol. The van der Waals surface area contributed by atoms with E-state index in [1.807, 2.05) is 0 Å². The molecule has 15 heavy (non-hydrogen) atoms. The minimum Gasteiger partial charge on any atom is -0.480 e. The highest BCUT2D eigenvalue weighted by Crippen LogP contribution is 2.46. The molecule has 3 unspecified atom stereocenters. The average Bonchev–Trinajstić information content (AvgIpc) is 2.21. The smallest absolute Gasteiger partial charge is 0.320 e. The Hall–Kier alpha value is -0.180. The lowest BCUT2D eigenvalue weighted by atomic mass is 9.79. The Labute approximate surface area is 96.8 Å².